The molecule has 1 aliphatic carbocycles. The van der Waals surface area contributed by atoms with Crippen LogP contribution < -0.4 is 9.47 Å². The van der Waals surface area contributed by atoms with E-state index in [1.54, 1.807) is 19.1 Å². The number of hydrogen-bond acceptors (Lipinski definition) is 6. The van der Waals surface area contributed by atoms with Crippen LogP contribution in [0.15, 0.2) is 28.4 Å². The largest absolute Gasteiger partial charge is 0.493 e. The SMILES string of the molecule is CN=NC(C)[C@@]1(C)CN(C(=O)OC)CC1c1ccc(OC)c(OC2CCCC2)c1. The van der Waals surface area contributed by atoms with Gasteiger partial charge in [-0.15, -0.1) is 0 Å². The lowest BCUT2D eigenvalue weighted by Crippen LogP contribution is -2.37. The summed E-state index contributed by atoms with van der Waals surface area (Å²) in [6, 6.07) is 6.07. The second-order valence-corrected chi connectivity index (χ2v) is 8.34. The summed E-state index contributed by atoms with van der Waals surface area (Å²) in [6.45, 7) is 5.36. The molecule has 29 heavy (non-hydrogen) atoms. The first-order chi connectivity index (χ1) is 13.9. The van der Waals surface area contributed by atoms with E-state index in [1.807, 2.05) is 6.07 Å². The maximum Gasteiger partial charge on any atom is 0.409 e. The third-order valence-electron chi connectivity index (χ3n) is 6.59. The zero-order valence-electron chi connectivity index (χ0n) is 18.2. The van der Waals surface area contributed by atoms with Gasteiger partial charge in [-0.2, -0.15) is 10.2 Å². The lowest BCUT2D eigenvalue weighted by Gasteiger charge is -2.34. The molecule has 7 heteroatoms. The van der Waals surface area contributed by atoms with Gasteiger partial charge in [0.15, 0.2) is 11.5 Å². The number of likely N-dealkylation sites (tertiary alicyclic amines) is 1. The molecule has 0 radical (unpaired) electrons. The molecule has 1 saturated carbocycles. The molecule has 0 aromatic heterocycles. The third-order valence-corrected chi connectivity index (χ3v) is 6.59. The highest BCUT2D eigenvalue weighted by Crippen LogP contribution is 2.48. The molecule has 1 aromatic carbocycles. The number of rotatable bonds is 6. The van der Waals surface area contributed by atoms with E-state index in [0.29, 0.717) is 13.1 Å². The molecule has 0 spiro atoms. The lowest BCUT2D eigenvalue weighted by atomic mass is 9.71. The van der Waals surface area contributed by atoms with Crippen LogP contribution in [0, 0.1) is 5.41 Å². The minimum Gasteiger partial charge on any atom is -0.493 e. The molecule has 3 rings (SSSR count). The molecule has 2 unspecified atom stereocenters. The quantitative estimate of drug-likeness (QED) is 0.648. The molecule has 0 N–H and O–H groups in total. The van der Waals surface area contributed by atoms with Crippen molar-refractivity contribution >= 4 is 6.09 Å². The summed E-state index contributed by atoms with van der Waals surface area (Å²) in [4.78, 5) is 14.0. The summed E-state index contributed by atoms with van der Waals surface area (Å²) in [5, 5.41) is 8.41. The Hall–Kier alpha value is -2.31. The highest BCUT2D eigenvalue weighted by molar-refractivity contribution is 5.68. The summed E-state index contributed by atoms with van der Waals surface area (Å²) in [5.41, 5.74) is 0.846. The maximum absolute atomic E-state index is 12.3. The molecule has 160 valence electrons. The molecule has 1 heterocycles. The fourth-order valence-electron chi connectivity index (χ4n) is 4.69. The van der Waals surface area contributed by atoms with E-state index < -0.39 is 0 Å². The van der Waals surface area contributed by atoms with Crippen LogP contribution >= 0.6 is 0 Å². The molecule has 7 nitrogen and oxygen atoms in total. The van der Waals surface area contributed by atoms with Crippen molar-refractivity contribution in [3.63, 3.8) is 0 Å². The van der Waals surface area contributed by atoms with Crippen molar-refractivity contribution in [2.75, 3.05) is 34.4 Å². The number of azo groups is 1. The van der Waals surface area contributed by atoms with Crippen molar-refractivity contribution in [2.45, 2.75) is 57.6 Å². The van der Waals surface area contributed by atoms with Gasteiger partial charge in [0.25, 0.3) is 0 Å². The van der Waals surface area contributed by atoms with E-state index in [0.717, 1.165) is 29.9 Å². The van der Waals surface area contributed by atoms with Gasteiger partial charge in [-0.1, -0.05) is 13.0 Å². The van der Waals surface area contributed by atoms with Crippen molar-refractivity contribution in [3.05, 3.63) is 23.8 Å². The maximum atomic E-state index is 12.3. The van der Waals surface area contributed by atoms with Crippen molar-refractivity contribution in [2.24, 2.45) is 15.6 Å². The number of hydrogen-bond donors (Lipinski definition) is 0. The second kappa shape index (κ2) is 9.01. The molecule has 0 bridgehead atoms. The Labute approximate surface area is 173 Å². The van der Waals surface area contributed by atoms with Crippen LogP contribution in [0.4, 0.5) is 4.79 Å². The van der Waals surface area contributed by atoms with Crippen molar-refractivity contribution in [3.8, 4) is 11.5 Å². The average molecular weight is 404 g/mol. The van der Waals surface area contributed by atoms with Gasteiger partial charge in [0.1, 0.15) is 0 Å². The number of benzene rings is 1. The van der Waals surface area contributed by atoms with Crippen LogP contribution in [0.3, 0.4) is 0 Å². The Morgan fingerprint density at radius 2 is 1.97 bits per heavy atom. The van der Waals surface area contributed by atoms with Gasteiger partial charge < -0.3 is 19.1 Å². The standard InChI is InChI=1S/C22H33N3O4/c1-15(24-23-3)22(2)14-25(21(26)28-5)13-18(22)16-10-11-19(27-4)20(12-16)29-17-8-6-7-9-17/h10-12,15,17-18H,6-9,13-14H2,1-5H3/t15?,18?,22-/m1/s1. The normalized spacial score (nSPS) is 26.1. The van der Waals surface area contributed by atoms with Crippen LogP contribution in [0.2, 0.25) is 0 Å². The van der Waals surface area contributed by atoms with Crippen LogP contribution in [0.25, 0.3) is 0 Å². The number of methoxy groups -OCH3 is 2. The van der Waals surface area contributed by atoms with Crippen molar-refractivity contribution in [1.82, 2.24) is 4.90 Å². The molecular formula is C22H33N3O4. The number of amides is 1. The summed E-state index contributed by atoms with van der Waals surface area (Å²) in [7, 11) is 4.77. The van der Waals surface area contributed by atoms with E-state index in [9.17, 15) is 4.79 Å². The topological polar surface area (TPSA) is 72.7 Å². The lowest BCUT2D eigenvalue weighted by molar-refractivity contribution is 0.126. The van der Waals surface area contributed by atoms with Crippen LogP contribution in [-0.4, -0.2) is 57.5 Å². The summed E-state index contributed by atoms with van der Waals surface area (Å²) >= 11 is 0. The minimum atomic E-state index is -0.310. The molecule has 1 saturated heterocycles. The van der Waals surface area contributed by atoms with Gasteiger partial charge in [0, 0.05) is 31.5 Å². The molecule has 1 aliphatic heterocycles. The van der Waals surface area contributed by atoms with Gasteiger partial charge >= 0.3 is 6.09 Å². The Bertz CT molecular complexity index is 748. The summed E-state index contributed by atoms with van der Waals surface area (Å²) in [6.07, 6.45) is 4.52. The Morgan fingerprint density at radius 3 is 2.59 bits per heavy atom. The first kappa shape index (κ1) is 21.4. The number of ether oxygens (including phenoxy) is 3. The van der Waals surface area contributed by atoms with Gasteiger partial charge in [0.05, 0.1) is 26.4 Å². The molecule has 2 aliphatic rings. The van der Waals surface area contributed by atoms with E-state index in [1.165, 1.54) is 20.0 Å². The van der Waals surface area contributed by atoms with Gasteiger partial charge in [0.2, 0.25) is 0 Å². The summed E-state index contributed by atoms with van der Waals surface area (Å²) < 4.78 is 16.8. The van der Waals surface area contributed by atoms with Gasteiger partial charge in [-0.05, 0) is 50.3 Å². The molecule has 2 fully saturated rings. The van der Waals surface area contributed by atoms with Crippen LogP contribution in [-0.2, 0) is 4.74 Å². The minimum absolute atomic E-state index is 0.0477. The van der Waals surface area contributed by atoms with Gasteiger partial charge in [-0.3, -0.25) is 0 Å². The Balaban J connectivity index is 1.95. The zero-order valence-corrected chi connectivity index (χ0v) is 18.2. The smallest absolute Gasteiger partial charge is 0.409 e. The number of carbonyl (C=O) groups is 1. The molecule has 1 aromatic rings. The first-order valence-corrected chi connectivity index (χ1v) is 10.4. The predicted octanol–water partition coefficient (Wildman–Crippen LogP) is 4.66. The number of carbonyl (C=O) groups excluding carboxylic acids is 1. The average Bonchev–Trinajstić information content (AvgIpc) is 3.36. The number of nitrogens with zero attached hydrogens (tertiary/aromatic N) is 3. The second-order valence-electron chi connectivity index (χ2n) is 8.34. The van der Waals surface area contributed by atoms with E-state index in [4.69, 9.17) is 14.2 Å². The van der Waals surface area contributed by atoms with Crippen LogP contribution in [0.1, 0.15) is 51.0 Å². The molecule has 1 amide bonds. The van der Waals surface area contributed by atoms with Crippen molar-refractivity contribution in [1.29, 1.82) is 0 Å². The fraction of sp³-hybridized carbons (Fsp3) is 0.682. The molecular weight excluding hydrogens is 370 g/mol. The highest BCUT2D eigenvalue weighted by Gasteiger charge is 2.49. The Morgan fingerprint density at radius 1 is 1.24 bits per heavy atom. The molecule has 3 atom stereocenters. The van der Waals surface area contributed by atoms with E-state index >= 15 is 0 Å². The van der Waals surface area contributed by atoms with E-state index in [2.05, 4.69) is 36.2 Å². The fourth-order valence-corrected chi connectivity index (χ4v) is 4.69. The zero-order chi connectivity index (χ0) is 21.0. The summed E-state index contributed by atoms with van der Waals surface area (Å²) in [5.74, 6) is 1.60. The highest BCUT2D eigenvalue weighted by atomic mass is 16.5. The third kappa shape index (κ3) is 4.33. The van der Waals surface area contributed by atoms with Crippen LogP contribution in [0.5, 0.6) is 11.5 Å². The predicted molar refractivity (Wildman–Crippen MR) is 111 cm³/mol. The van der Waals surface area contributed by atoms with Gasteiger partial charge in [-0.25, -0.2) is 4.79 Å². The van der Waals surface area contributed by atoms with Crippen molar-refractivity contribution < 1.29 is 19.0 Å². The Kier molecular flexibility index (Phi) is 6.65. The van der Waals surface area contributed by atoms with E-state index in [-0.39, 0.29) is 29.6 Å². The monoisotopic (exact) mass is 403 g/mol. The first-order valence-electron chi connectivity index (χ1n) is 10.4.